The Morgan fingerprint density at radius 1 is 1.09 bits per heavy atom. The molecule has 174 valence electrons. The molecule has 0 amide bonds. The number of carbonyl (C=O) groups excluding carboxylic acids is 1. The van der Waals surface area contributed by atoms with Gasteiger partial charge in [0.15, 0.2) is 0 Å². The third-order valence-corrected chi connectivity index (χ3v) is 5.03. The topological polar surface area (TPSA) is 111 Å². The van der Waals surface area contributed by atoms with Crippen molar-refractivity contribution in [3.63, 3.8) is 0 Å². The minimum atomic E-state index is 0.372. The van der Waals surface area contributed by atoms with E-state index in [9.17, 15) is 4.79 Å². The van der Waals surface area contributed by atoms with Crippen LogP contribution >= 0.6 is 0 Å². The molecule has 0 bridgehead atoms. The highest BCUT2D eigenvalue weighted by atomic mass is 16.1. The van der Waals surface area contributed by atoms with Crippen LogP contribution in [-0.4, -0.2) is 38.9 Å². The maximum absolute atomic E-state index is 10.8. The number of rotatable bonds is 8. The first-order chi connectivity index (χ1) is 16.7. The zero-order valence-corrected chi connectivity index (χ0v) is 19.6. The number of aromatic nitrogens is 4. The predicted molar refractivity (Wildman–Crippen MR) is 138 cm³/mol. The summed E-state index contributed by atoms with van der Waals surface area (Å²) in [5.41, 5.74) is 12.0. The fourth-order valence-corrected chi connectivity index (χ4v) is 3.39. The van der Waals surface area contributed by atoms with Crippen molar-refractivity contribution in [3.8, 4) is 11.4 Å². The van der Waals surface area contributed by atoms with Gasteiger partial charge in [0.25, 0.3) is 0 Å². The lowest BCUT2D eigenvalue weighted by molar-refractivity contribution is -0.107. The molecule has 0 saturated carbocycles. The summed E-state index contributed by atoms with van der Waals surface area (Å²) in [4.78, 5) is 28.0. The van der Waals surface area contributed by atoms with Gasteiger partial charge >= 0.3 is 0 Å². The zero-order chi connectivity index (χ0) is 24.3. The molecule has 0 unspecified atom stereocenters. The predicted octanol–water partition coefficient (Wildman–Crippen LogP) is 4.17. The Morgan fingerprint density at radius 3 is 2.59 bits per heavy atom. The van der Waals surface area contributed by atoms with Crippen LogP contribution in [-0.2, 0) is 17.8 Å². The van der Waals surface area contributed by atoms with E-state index in [1.807, 2.05) is 66.9 Å². The minimum absolute atomic E-state index is 0.372. The van der Waals surface area contributed by atoms with Gasteiger partial charge in [0.1, 0.15) is 24.1 Å². The van der Waals surface area contributed by atoms with Crippen LogP contribution in [0.25, 0.3) is 22.6 Å². The van der Waals surface area contributed by atoms with Crippen LogP contribution in [0.3, 0.4) is 0 Å². The molecule has 3 aromatic heterocycles. The van der Waals surface area contributed by atoms with Crippen LogP contribution in [0.5, 0.6) is 0 Å². The summed E-state index contributed by atoms with van der Waals surface area (Å²) >= 11 is 0. The van der Waals surface area contributed by atoms with E-state index in [1.54, 1.807) is 25.7 Å². The number of aliphatic imine (C=N–C) groups is 1. The molecule has 0 aliphatic carbocycles. The van der Waals surface area contributed by atoms with Crippen LogP contribution in [0, 0.1) is 0 Å². The Balaban J connectivity index is 0.00000158. The fourth-order valence-electron chi connectivity index (χ4n) is 3.39. The highest BCUT2D eigenvalue weighted by Crippen LogP contribution is 2.21. The van der Waals surface area contributed by atoms with Gasteiger partial charge in [-0.3, -0.25) is 9.39 Å². The third kappa shape index (κ3) is 5.72. The molecule has 4 aromatic rings. The van der Waals surface area contributed by atoms with Gasteiger partial charge in [-0.1, -0.05) is 38.1 Å². The van der Waals surface area contributed by atoms with Crippen molar-refractivity contribution >= 4 is 29.5 Å². The molecule has 3 heterocycles. The van der Waals surface area contributed by atoms with Crippen molar-refractivity contribution in [1.82, 2.24) is 19.4 Å². The molecular formula is C26H29N7O. The lowest BCUT2D eigenvalue weighted by Crippen LogP contribution is -2.03. The van der Waals surface area contributed by atoms with Gasteiger partial charge in [-0.25, -0.2) is 15.0 Å². The highest BCUT2D eigenvalue weighted by Gasteiger charge is 2.09. The summed E-state index contributed by atoms with van der Waals surface area (Å²) in [6, 6.07) is 13.8. The van der Waals surface area contributed by atoms with Crippen LogP contribution in [0.2, 0.25) is 0 Å². The monoisotopic (exact) mass is 455 g/mol. The van der Waals surface area contributed by atoms with Gasteiger partial charge in [-0.2, -0.15) is 0 Å². The van der Waals surface area contributed by atoms with E-state index in [2.05, 4.69) is 25.3 Å². The second-order valence-corrected chi connectivity index (χ2v) is 7.13. The Labute approximate surface area is 199 Å². The van der Waals surface area contributed by atoms with Crippen molar-refractivity contribution in [3.05, 3.63) is 84.1 Å². The lowest BCUT2D eigenvalue weighted by atomic mass is 10.1. The molecule has 0 fully saturated rings. The number of allylic oxidation sites excluding steroid dienone is 1. The molecule has 0 aliphatic heterocycles. The van der Waals surface area contributed by atoms with E-state index in [0.717, 1.165) is 45.6 Å². The highest BCUT2D eigenvalue weighted by molar-refractivity contribution is 6.09. The molecule has 1 aromatic carbocycles. The SMILES string of the molecule is CC.CN=C/C(=C\N)c1ccc(CNc2cc(-c3cnc4cc(CC=O)ccn34)ncn2)cc1. The summed E-state index contributed by atoms with van der Waals surface area (Å²) in [5.74, 6) is 0.715. The second-order valence-electron chi connectivity index (χ2n) is 7.13. The van der Waals surface area contributed by atoms with E-state index in [4.69, 9.17) is 5.73 Å². The number of hydrogen-bond donors (Lipinski definition) is 2. The Bertz CT molecular complexity index is 1290. The van der Waals surface area contributed by atoms with Gasteiger partial charge < -0.3 is 15.8 Å². The van der Waals surface area contributed by atoms with Crippen LogP contribution in [0.15, 0.2) is 72.4 Å². The average Bonchev–Trinajstić information content (AvgIpc) is 3.31. The Morgan fingerprint density at radius 2 is 1.88 bits per heavy atom. The van der Waals surface area contributed by atoms with E-state index >= 15 is 0 Å². The number of aldehydes is 1. The first-order valence-electron chi connectivity index (χ1n) is 11.1. The molecule has 8 heteroatoms. The van der Waals surface area contributed by atoms with Gasteiger partial charge in [0.05, 0.1) is 17.6 Å². The van der Waals surface area contributed by atoms with Crippen molar-refractivity contribution in [2.75, 3.05) is 12.4 Å². The Hall–Kier alpha value is -4.33. The molecule has 0 spiro atoms. The fraction of sp³-hybridized carbons (Fsp3) is 0.192. The average molecular weight is 456 g/mol. The smallest absolute Gasteiger partial charge is 0.137 e. The molecule has 34 heavy (non-hydrogen) atoms. The number of fused-ring (bicyclic) bond motifs is 1. The number of imidazole rings is 1. The van der Waals surface area contributed by atoms with Gasteiger partial charge in [-0.05, 0) is 28.8 Å². The number of nitrogens with two attached hydrogens (primary N) is 1. The van der Waals surface area contributed by atoms with Crippen molar-refractivity contribution in [1.29, 1.82) is 0 Å². The van der Waals surface area contributed by atoms with Crippen molar-refractivity contribution in [2.45, 2.75) is 26.8 Å². The maximum atomic E-state index is 10.8. The van der Waals surface area contributed by atoms with Crippen molar-refractivity contribution < 1.29 is 4.79 Å². The number of carbonyl (C=O) groups is 1. The van der Waals surface area contributed by atoms with E-state index in [-0.39, 0.29) is 0 Å². The second kappa shape index (κ2) is 12.1. The van der Waals surface area contributed by atoms with Crippen molar-refractivity contribution in [2.24, 2.45) is 10.7 Å². The number of nitrogens with zero attached hydrogens (tertiary/aromatic N) is 5. The molecule has 4 rings (SSSR count). The molecule has 0 atom stereocenters. The lowest BCUT2D eigenvalue weighted by Gasteiger charge is -2.08. The molecule has 3 N–H and O–H groups in total. The summed E-state index contributed by atoms with van der Waals surface area (Å²) in [6.07, 6.45) is 9.75. The molecule has 0 aliphatic rings. The first kappa shape index (κ1) is 24.3. The zero-order valence-electron chi connectivity index (χ0n) is 19.6. The summed E-state index contributed by atoms with van der Waals surface area (Å²) in [7, 11) is 1.72. The number of anilines is 1. The largest absolute Gasteiger partial charge is 0.404 e. The molecular weight excluding hydrogens is 426 g/mol. The molecule has 0 saturated heterocycles. The summed E-state index contributed by atoms with van der Waals surface area (Å²) < 4.78 is 1.95. The quantitative estimate of drug-likeness (QED) is 0.305. The number of hydrogen-bond acceptors (Lipinski definition) is 7. The summed E-state index contributed by atoms with van der Waals surface area (Å²) in [6.45, 7) is 4.61. The van der Waals surface area contributed by atoms with Crippen LogP contribution in [0.1, 0.15) is 30.5 Å². The molecule has 0 radical (unpaired) electrons. The van der Waals surface area contributed by atoms with E-state index < -0.39 is 0 Å². The van der Waals surface area contributed by atoms with E-state index in [0.29, 0.717) is 18.8 Å². The van der Waals surface area contributed by atoms with Gasteiger partial charge in [0, 0.05) is 50.3 Å². The third-order valence-electron chi connectivity index (χ3n) is 5.03. The minimum Gasteiger partial charge on any atom is -0.404 e. The number of benzene rings is 1. The summed E-state index contributed by atoms with van der Waals surface area (Å²) in [5, 5.41) is 3.34. The van der Waals surface area contributed by atoms with Crippen LogP contribution < -0.4 is 11.1 Å². The normalized spacial score (nSPS) is 11.3. The van der Waals surface area contributed by atoms with Crippen LogP contribution in [0.4, 0.5) is 5.82 Å². The number of pyridine rings is 1. The van der Waals surface area contributed by atoms with E-state index in [1.165, 1.54) is 6.33 Å². The van der Waals surface area contributed by atoms with Gasteiger partial charge in [0.2, 0.25) is 0 Å². The number of nitrogens with one attached hydrogen (secondary N) is 1. The molecule has 8 nitrogen and oxygen atoms in total. The standard InChI is InChI=1S/C24H23N7O.C2H6/c1-26-14-20(12-25)19-4-2-18(3-5-19)13-27-23-11-21(29-16-30-23)22-15-28-24-10-17(7-9-32)6-8-31(22)24;1-2/h2-6,8-12,14-16H,7,13,25H2,1H3,(H,27,29,30);1-2H3/b20-12+,26-14?;. The first-order valence-corrected chi connectivity index (χ1v) is 11.1. The Kier molecular flexibility index (Phi) is 8.62. The van der Waals surface area contributed by atoms with Gasteiger partial charge in [-0.15, -0.1) is 0 Å². The maximum Gasteiger partial charge on any atom is 0.137 e.